The SMILES string of the molecule is CC(C)N(CCCC(=O)O)C(=O)c1ccc(F)cc1. The summed E-state index contributed by atoms with van der Waals surface area (Å²) in [4.78, 5) is 24.3. The Morgan fingerprint density at radius 2 is 1.84 bits per heavy atom. The van der Waals surface area contributed by atoms with E-state index >= 15 is 0 Å². The molecule has 0 heterocycles. The molecule has 1 aromatic rings. The number of nitrogens with zero attached hydrogens (tertiary/aromatic N) is 1. The number of hydrogen-bond acceptors (Lipinski definition) is 2. The zero-order chi connectivity index (χ0) is 14.4. The van der Waals surface area contributed by atoms with Gasteiger partial charge in [0.2, 0.25) is 0 Å². The molecule has 0 atom stereocenters. The summed E-state index contributed by atoms with van der Waals surface area (Å²) >= 11 is 0. The van der Waals surface area contributed by atoms with Crippen LogP contribution in [0.4, 0.5) is 4.39 Å². The van der Waals surface area contributed by atoms with Crippen LogP contribution in [0.2, 0.25) is 0 Å². The van der Waals surface area contributed by atoms with Gasteiger partial charge in [0.05, 0.1) is 0 Å². The maximum Gasteiger partial charge on any atom is 0.303 e. The number of carbonyl (C=O) groups excluding carboxylic acids is 1. The van der Waals surface area contributed by atoms with Gasteiger partial charge in [0.25, 0.3) is 5.91 Å². The third-order valence-electron chi connectivity index (χ3n) is 2.77. The fourth-order valence-corrected chi connectivity index (χ4v) is 1.75. The first-order valence-electron chi connectivity index (χ1n) is 6.20. The second-order valence-electron chi connectivity index (χ2n) is 4.60. The zero-order valence-corrected chi connectivity index (χ0v) is 11.1. The van der Waals surface area contributed by atoms with Crippen molar-refractivity contribution in [1.82, 2.24) is 4.90 Å². The van der Waals surface area contributed by atoms with Crippen molar-refractivity contribution in [3.63, 3.8) is 0 Å². The fourth-order valence-electron chi connectivity index (χ4n) is 1.75. The maximum atomic E-state index is 12.8. The quantitative estimate of drug-likeness (QED) is 0.861. The number of amides is 1. The Morgan fingerprint density at radius 1 is 1.26 bits per heavy atom. The number of benzene rings is 1. The lowest BCUT2D eigenvalue weighted by atomic mass is 10.1. The van der Waals surface area contributed by atoms with Crippen molar-refractivity contribution in [1.29, 1.82) is 0 Å². The van der Waals surface area contributed by atoms with Crippen molar-refractivity contribution < 1.29 is 19.1 Å². The van der Waals surface area contributed by atoms with Crippen LogP contribution in [0.3, 0.4) is 0 Å². The molecule has 0 aliphatic carbocycles. The van der Waals surface area contributed by atoms with Crippen molar-refractivity contribution in [3.05, 3.63) is 35.6 Å². The van der Waals surface area contributed by atoms with Gasteiger partial charge in [-0.1, -0.05) is 0 Å². The van der Waals surface area contributed by atoms with Crippen LogP contribution in [0.25, 0.3) is 0 Å². The Labute approximate surface area is 111 Å². The van der Waals surface area contributed by atoms with Gasteiger partial charge < -0.3 is 10.0 Å². The monoisotopic (exact) mass is 267 g/mol. The molecule has 1 amide bonds. The van der Waals surface area contributed by atoms with Gasteiger partial charge in [0, 0.05) is 24.6 Å². The van der Waals surface area contributed by atoms with Gasteiger partial charge in [0.1, 0.15) is 5.82 Å². The molecule has 0 unspecified atom stereocenters. The van der Waals surface area contributed by atoms with Crippen LogP contribution in [0.1, 0.15) is 37.0 Å². The first-order chi connectivity index (χ1) is 8.91. The highest BCUT2D eigenvalue weighted by atomic mass is 19.1. The lowest BCUT2D eigenvalue weighted by Crippen LogP contribution is -2.37. The number of aliphatic carboxylic acids is 1. The van der Waals surface area contributed by atoms with Gasteiger partial charge in [-0.2, -0.15) is 0 Å². The van der Waals surface area contributed by atoms with Crippen LogP contribution < -0.4 is 0 Å². The number of carboxylic acids is 1. The van der Waals surface area contributed by atoms with E-state index in [0.29, 0.717) is 18.5 Å². The Bertz CT molecular complexity index is 443. The van der Waals surface area contributed by atoms with E-state index in [1.807, 2.05) is 13.8 Å². The Morgan fingerprint density at radius 3 is 2.32 bits per heavy atom. The highest BCUT2D eigenvalue weighted by Gasteiger charge is 2.18. The fraction of sp³-hybridized carbons (Fsp3) is 0.429. The van der Waals surface area contributed by atoms with E-state index in [0.717, 1.165) is 0 Å². The van der Waals surface area contributed by atoms with Gasteiger partial charge in [-0.3, -0.25) is 9.59 Å². The van der Waals surface area contributed by atoms with E-state index < -0.39 is 11.8 Å². The number of carboxylic acid groups (broad SMARTS) is 1. The van der Waals surface area contributed by atoms with Gasteiger partial charge in [0.15, 0.2) is 0 Å². The normalized spacial score (nSPS) is 10.5. The number of rotatable bonds is 6. The summed E-state index contributed by atoms with van der Waals surface area (Å²) in [7, 11) is 0. The summed E-state index contributed by atoms with van der Waals surface area (Å²) in [6, 6.07) is 5.31. The molecule has 104 valence electrons. The third-order valence-corrected chi connectivity index (χ3v) is 2.77. The summed E-state index contributed by atoms with van der Waals surface area (Å²) in [6.07, 6.45) is 0.431. The lowest BCUT2D eigenvalue weighted by molar-refractivity contribution is -0.137. The molecule has 0 radical (unpaired) electrons. The molecule has 0 aliphatic rings. The Balaban J connectivity index is 2.72. The van der Waals surface area contributed by atoms with Crippen molar-refractivity contribution in [2.24, 2.45) is 0 Å². The number of hydrogen-bond donors (Lipinski definition) is 1. The number of halogens is 1. The van der Waals surface area contributed by atoms with Crippen LogP contribution in [0, 0.1) is 5.82 Å². The molecule has 0 bridgehead atoms. The predicted molar refractivity (Wildman–Crippen MR) is 69.4 cm³/mol. The largest absolute Gasteiger partial charge is 0.481 e. The maximum absolute atomic E-state index is 12.8. The minimum Gasteiger partial charge on any atom is -0.481 e. The van der Waals surface area contributed by atoms with Crippen molar-refractivity contribution in [2.75, 3.05) is 6.54 Å². The van der Waals surface area contributed by atoms with Crippen molar-refractivity contribution in [3.8, 4) is 0 Å². The highest BCUT2D eigenvalue weighted by molar-refractivity contribution is 5.94. The Kier molecular flexibility index (Phi) is 5.48. The second kappa shape index (κ2) is 6.87. The average molecular weight is 267 g/mol. The molecular weight excluding hydrogens is 249 g/mol. The number of carbonyl (C=O) groups is 2. The summed E-state index contributed by atoms with van der Waals surface area (Å²) < 4.78 is 12.8. The van der Waals surface area contributed by atoms with Crippen molar-refractivity contribution in [2.45, 2.75) is 32.7 Å². The van der Waals surface area contributed by atoms with Crippen LogP contribution in [0.15, 0.2) is 24.3 Å². The molecule has 0 aliphatic heterocycles. The molecule has 0 spiro atoms. The molecule has 1 aromatic carbocycles. The van der Waals surface area contributed by atoms with Crippen LogP contribution in [-0.4, -0.2) is 34.5 Å². The molecule has 1 rings (SSSR count). The molecule has 1 N–H and O–H groups in total. The third kappa shape index (κ3) is 4.69. The molecule has 0 saturated carbocycles. The van der Waals surface area contributed by atoms with Gasteiger partial charge in [-0.15, -0.1) is 0 Å². The smallest absolute Gasteiger partial charge is 0.303 e. The second-order valence-corrected chi connectivity index (χ2v) is 4.60. The summed E-state index contributed by atoms with van der Waals surface area (Å²) in [5.41, 5.74) is 0.408. The van der Waals surface area contributed by atoms with E-state index in [1.54, 1.807) is 4.90 Å². The molecule has 0 saturated heterocycles. The lowest BCUT2D eigenvalue weighted by Gasteiger charge is -2.26. The Hall–Kier alpha value is -1.91. The molecule has 4 nitrogen and oxygen atoms in total. The first-order valence-corrected chi connectivity index (χ1v) is 6.20. The average Bonchev–Trinajstić information content (AvgIpc) is 2.34. The van der Waals surface area contributed by atoms with Crippen LogP contribution in [-0.2, 0) is 4.79 Å². The van der Waals surface area contributed by atoms with E-state index in [2.05, 4.69) is 0 Å². The minimum absolute atomic E-state index is 0.0277. The summed E-state index contributed by atoms with van der Waals surface area (Å²) in [5, 5.41) is 8.61. The molecule has 0 fully saturated rings. The topological polar surface area (TPSA) is 57.6 Å². The summed E-state index contributed by atoms with van der Waals surface area (Å²) in [5.74, 6) is -1.48. The molecular formula is C14H18FNO3. The van der Waals surface area contributed by atoms with Crippen molar-refractivity contribution >= 4 is 11.9 Å². The van der Waals surface area contributed by atoms with E-state index in [-0.39, 0.29) is 18.4 Å². The van der Waals surface area contributed by atoms with Gasteiger partial charge in [-0.05, 0) is 44.5 Å². The van der Waals surface area contributed by atoms with Crippen LogP contribution >= 0.6 is 0 Å². The van der Waals surface area contributed by atoms with Gasteiger partial charge in [-0.25, -0.2) is 4.39 Å². The molecule has 19 heavy (non-hydrogen) atoms. The molecule has 0 aromatic heterocycles. The first kappa shape index (κ1) is 15.1. The zero-order valence-electron chi connectivity index (χ0n) is 11.1. The van der Waals surface area contributed by atoms with Gasteiger partial charge >= 0.3 is 5.97 Å². The van der Waals surface area contributed by atoms with Crippen LogP contribution in [0.5, 0.6) is 0 Å². The highest BCUT2D eigenvalue weighted by Crippen LogP contribution is 2.11. The van der Waals surface area contributed by atoms with E-state index in [4.69, 9.17) is 5.11 Å². The minimum atomic E-state index is -0.877. The van der Waals surface area contributed by atoms with E-state index in [9.17, 15) is 14.0 Å². The predicted octanol–water partition coefficient (Wildman–Crippen LogP) is 2.54. The van der Waals surface area contributed by atoms with E-state index in [1.165, 1.54) is 24.3 Å². The molecule has 5 heteroatoms. The standard InChI is InChI=1S/C14H18FNO3/c1-10(2)16(9-3-4-13(17)18)14(19)11-5-7-12(15)8-6-11/h5-8,10H,3-4,9H2,1-2H3,(H,17,18). The summed E-state index contributed by atoms with van der Waals surface area (Å²) in [6.45, 7) is 4.10.